The summed E-state index contributed by atoms with van der Waals surface area (Å²) in [5, 5.41) is 9.60. The lowest BCUT2D eigenvalue weighted by molar-refractivity contribution is -0.142. The maximum absolute atomic E-state index is 12.3. The van der Waals surface area contributed by atoms with E-state index in [0.717, 1.165) is 44.9 Å². The van der Waals surface area contributed by atoms with Crippen LogP contribution < -0.4 is 0 Å². The van der Waals surface area contributed by atoms with Gasteiger partial charge >= 0.3 is 0 Å². The van der Waals surface area contributed by atoms with Crippen LogP contribution in [0.15, 0.2) is 0 Å². The third-order valence-corrected chi connectivity index (χ3v) is 5.18. The van der Waals surface area contributed by atoms with Crippen LogP contribution in [0.5, 0.6) is 0 Å². The minimum atomic E-state index is -0.204. The Morgan fingerprint density at radius 3 is 2.11 bits per heavy atom. The van der Waals surface area contributed by atoms with E-state index in [4.69, 9.17) is 0 Å². The fourth-order valence-electron chi connectivity index (χ4n) is 4.04. The first-order valence-corrected chi connectivity index (χ1v) is 7.13. The van der Waals surface area contributed by atoms with Crippen molar-refractivity contribution in [3.63, 3.8) is 0 Å². The fraction of sp³-hybridized carbons (Fsp3) is 0.857. The Hall–Kier alpha value is -0.900. The number of fused-ring (bicyclic) bond motifs is 1. The van der Waals surface area contributed by atoms with Crippen LogP contribution in [0.3, 0.4) is 0 Å². The second-order valence-corrected chi connectivity index (χ2v) is 6.27. The molecule has 3 fully saturated rings. The molecule has 0 aromatic rings. The maximum atomic E-state index is 12.3. The lowest BCUT2D eigenvalue weighted by Gasteiger charge is -2.31. The van der Waals surface area contributed by atoms with Gasteiger partial charge in [-0.05, 0) is 25.7 Å². The molecule has 1 aliphatic heterocycles. The van der Waals surface area contributed by atoms with Crippen molar-refractivity contribution in [3.8, 4) is 0 Å². The minimum absolute atomic E-state index is 0.0298. The first-order chi connectivity index (χ1) is 8.67. The van der Waals surface area contributed by atoms with E-state index in [1.165, 1.54) is 4.90 Å². The van der Waals surface area contributed by atoms with Crippen molar-refractivity contribution in [2.24, 2.45) is 17.3 Å². The molecule has 0 aromatic heterocycles. The molecule has 2 saturated carbocycles. The Morgan fingerprint density at radius 2 is 1.61 bits per heavy atom. The number of imide groups is 1. The first kappa shape index (κ1) is 12.2. The van der Waals surface area contributed by atoms with E-state index in [-0.39, 0.29) is 35.7 Å². The number of carbonyl (C=O) groups is 2. The van der Waals surface area contributed by atoms with Gasteiger partial charge in [0, 0.05) is 12.0 Å². The van der Waals surface area contributed by atoms with Crippen molar-refractivity contribution in [2.75, 3.05) is 13.2 Å². The molecular weight excluding hydrogens is 230 g/mol. The molecule has 2 unspecified atom stereocenters. The van der Waals surface area contributed by atoms with Gasteiger partial charge in [0.25, 0.3) is 0 Å². The average Bonchev–Trinajstić information content (AvgIpc) is 3.07. The third kappa shape index (κ3) is 1.69. The third-order valence-electron chi connectivity index (χ3n) is 5.18. The van der Waals surface area contributed by atoms with Crippen LogP contribution in [0.2, 0.25) is 0 Å². The maximum Gasteiger partial charge on any atom is 0.233 e. The molecule has 4 nitrogen and oxygen atoms in total. The standard InChI is InChI=1S/C14H21NO3/c16-9-14(6-1-2-7-14)8-15-12(17)10-4-3-5-11(10)13(15)18/h10-11,16H,1-9H2. The summed E-state index contributed by atoms with van der Waals surface area (Å²) in [4.78, 5) is 26.0. The SMILES string of the molecule is O=C1C2CCCC2C(=O)N1CC1(CO)CCCC1. The lowest BCUT2D eigenvalue weighted by Crippen LogP contribution is -2.42. The smallest absolute Gasteiger partial charge is 0.233 e. The van der Waals surface area contributed by atoms with Gasteiger partial charge in [0.1, 0.15) is 0 Å². The number of likely N-dealkylation sites (tertiary alicyclic amines) is 1. The predicted molar refractivity (Wildman–Crippen MR) is 65.5 cm³/mol. The van der Waals surface area contributed by atoms with Crippen molar-refractivity contribution < 1.29 is 14.7 Å². The highest BCUT2D eigenvalue weighted by molar-refractivity contribution is 6.05. The lowest BCUT2D eigenvalue weighted by atomic mass is 9.86. The molecular formula is C14H21NO3. The summed E-state index contributed by atoms with van der Waals surface area (Å²) in [6.07, 6.45) is 6.83. The van der Waals surface area contributed by atoms with Gasteiger partial charge in [-0.15, -0.1) is 0 Å². The molecule has 1 heterocycles. The van der Waals surface area contributed by atoms with Gasteiger partial charge < -0.3 is 5.11 Å². The van der Waals surface area contributed by atoms with E-state index < -0.39 is 0 Å². The molecule has 0 radical (unpaired) electrons. The van der Waals surface area contributed by atoms with Gasteiger partial charge in [-0.3, -0.25) is 14.5 Å². The van der Waals surface area contributed by atoms with E-state index in [1.807, 2.05) is 0 Å². The number of rotatable bonds is 3. The summed E-state index contributed by atoms with van der Waals surface area (Å²) in [6, 6.07) is 0. The number of carbonyl (C=O) groups excluding carboxylic acids is 2. The summed E-state index contributed by atoms with van der Waals surface area (Å²) in [5.74, 6) is -0.0336. The highest BCUT2D eigenvalue weighted by Crippen LogP contribution is 2.44. The second-order valence-electron chi connectivity index (χ2n) is 6.27. The largest absolute Gasteiger partial charge is 0.396 e. The van der Waals surface area contributed by atoms with E-state index in [0.29, 0.717) is 6.54 Å². The molecule has 2 amide bonds. The number of aliphatic hydroxyl groups excluding tert-OH is 1. The Kier molecular flexibility index (Phi) is 2.93. The Balaban J connectivity index is 1.77. The van der Waals surface area contributed by atoms with Gasteiger partial charge in [-0.2, -0.15) is 0 Å². The number of amides is 2. The number of hydrogen-bond acceptors (Lipinski definition) is 3. The molecule has 1 saturated heterocycles. The van der Waals surface area contributed by atoms with Crippen molar-refractivity contribution in [3.05, 3.63) is 0 Å². The normalized spacial score (nSPS) is 34.4. The molecule has 1 N–H and O–H groups in total. The Labute approximate surface area is 107 Å². The van der Waals surface area contributed by atoms with Crippen LogP contribution in [0.1, 0.15) is 44.9 Å². The van der Waals surface area contributed by atoms with Crippen LogP contribution in [0, 0.1) is 17.3 Å². The summed E-state index contributed by atoms with van der Waals surface area (Å²) in [7, 11) is 0. The molecule has 2 atom stereocenters. The van der Waals surface area contributed by atoms with E-state index in [1.54, 1.807) is 0 Å². The molecule has 100 valence electrons. The van der Waals surface area contributed by atoms with Gasteiger partial charge in [-0.1, -0.05) is 19.3 Å². The van der Waals surface area contributed by atoms with Crippen LogP contribution in [0.25, 0.3) is 0 Å². The average molecular weight is 251 g/mol. The van der Waals surface area contributed by atoms with E-state index >= 15 is 0 Å². The molecule has 4 heteroatoms. The van der Waals surface area contributed by atoms with Crippen LogP contribution in [0.4, 0.5) is 0 Å². The molecule has 0 aromatic carbocycles. The molecule has 3 aliphatic rings. The zero-order valence-electron chi connectivity index (χ0n) is 10.7. The quantitative estimate of drug-likeness (QED) is 0.770. The number of hydrogen-bond donors (Lipinski definition) is 1. The van der Waals surface area contributed by atoms with Gasteiger partial charge in [0.2, 0.25) is 11.8 Å². The highest BCUT2D eigenvalue weighted by Gasteiger charge is 2.51. The molecule has 3 rings (SSSR count). The van der Waals surface area contributed by atoms with E-state index in [9.17, 15) is 14.7 Å². The monoisotopic (exact) mass is 251 g/mol. The molecule has 18 heavy (non-hydrogen) atoms. The van der Waals surface area contributed by atoms with Gasteiger partial charge in [0.05, 0.1) is 18.4 Å². The summed E-state index contributed by atoms with van der Waals surface area (Å²) < 4.78 is 0. The highest BCUT2D eigenvalue weighted by atomic mass is 16.3. The zero-order chi connectivity index (χ0) is 12.8. The van der Waals surface area contributed by atoms with Crippen molar-refractivity contribution in [1.82, 2.24) is 4.90 Å². The predicted octanol–water partition coefficient (Wildman–Crippen LogP) is 1.32. The van der Waals surface area contributed by atoms with Crippen LogP contribution in [-0.4, -0.2) is 35.0 Å². The number of aliphatic hydroxyl groups is 1. The summed E-state index contributed by atoms with van der Waals surface area (Å²) >= 11 is 0. The first-order valence-electron chi connectivity index (χ1n) is 7.13. The van der Waals surface area contributed by atoms with Crippen LogP contribution >= 0.6 is 0 Å². The van der Waals surface area contributed by atoms with Crippen LogP contribution in [-0.2, 0) is 9.59 Å². The Bertz CT molecular complexity index is 351. The van der Waals surface area contributed by atoms with Crippen molar-refractivity contribution in [1.29, 1.82) is 0 Å². The van der Waals surface area contributed by atoms with E-state index in [2.05, 4.69) is 0 Å². The van der Waals surface area contributed by atoms with Crippen molar-refractivity contribution >= 4 is 11.8 Å². The molecule has 0 spiro atoms. The second kappa shape index (κ2) is 4.34. The topological polar surface area (TPSA) is 57.6 Å². The van der Waals surface area contributed by atoms with Crippen molar-refractivity contribution in [2.45, 2.75) is 44.9 Å². The molecule has 2 aliphatic carbocycles. The minimum Gasteiger partial charge on any atom is -0.396 e. The van der Waals surface area contributed by atoms with Gasteiger partial charge in [0.15, 0.2) is 0 Å². The Morgan fingerprint density at radius 1 is 1.06 bits per heavy atom. The zero-order valence-corrected chi connectivity index (χ0v) is 10.7. The van der Waals surface area contributed by atoms with Gasteiger partial charge in [-0.25, -0.2) is 0 Å². The number of nitrogens with zero attached hydrogens (tertiary/aromatic N) is 1. The summed E-state index contributed by atoms with van der Waals surface area (Å²) in [6.45, 7) is 0.549. The summed E-state index contributed by atoms with van der Waals surface area (Å²) in [5.41, 5.74) is -0.204. The fourth-order valence-corrected chi connectivity index (χ4v) is 4.04. The molecule has 0 bridgehead atoms.